The van der Waals surface area contributed by atoms with Crippen LogP contribution >= 0.6 is 7.82 Å². The van der Waals surface area contributed by atoms with Crippen LogP contribution in [0.4, 0.5) is 0 Å². The number of hydrogen-bond donors (Lipinski definition) is 0. The van der Waals surface area contributed by atoms with E-state index in [1.807, 2.05) is 21.1 Å². The minimum atomic E-state index is -4.65. The molecule has 0 aliphatic carbocycles. The van der Waals surface area contributed by atoms with Gasteiger partial charge in [0.15, 0.2) is 6.10 Å². The molecule has 0 amide bonds. The molecule has 0 aromatic carbocycles. The highest BCUT2D eigenvalue weighted by Gasteiger charge is 2.21. The SMILES string of the molecule is CCCCC/C=C/C/C=C/C/C=C/C/C=C/CCCCCC(=O)O[C@H](COC(=O)CCC/C=C/CCCCCCCCCCCCCCCCCCCC)COP(=O)([O-])OCC[N+](C)(C)C. The lowest BCUT2D eigenvalue weighted by atomic mass is 10.0. The van der Waals surface area contributed by atoms with E-state index in [2.05, 4.69) is 74.6 Å². The molecular weight excluding hydrogens is 846 g/mol. The van der Waals surface area contributed by atoms with Crippen molar-refractivity contribution in [2.24, 2.45) is 0 Å². The first-order valence-corrected chi connectivity index (χ1v) is 28.5. The third-order valence-electron chi connectivity index (χ3n) is 11.5. The standard InChI is InChI=1S/C56H102NO8P/c1-6-8-10-12-14-16-18-20-22-24-26-27-28-29-31-32-34-36-38-40-42-44-46-48-55(58)62-52-54(53-64-66(60,61)63-51-50-57(3,4)5)65-56(59)49-47-45-43-41-39-37-35-33-30-25-23-21-19-17-15-13-11-9-7-2/h15,17,21,23,30,33,37,39-40,42,54H,6-14,16,18-20,22,24-29,31-32,34-36,38,41,43-53H2,1-5H3/b17-15+,23-21+,33-30+,39-37+,42-40+/t54-/m1/s1. The number of rotatable bonds is 49. The van der Waals surface area contributed by atoms with Gasteiger partial charge in [-0.15, -0.1) is 0 Å². The van der Waals surface area contributed by atoms with Crippen LogP contribution in [0.15, 0.2) is 60.8 Å². The molecule has 0 heterocycles. The fourth-order valence-electron chi connectivity index (χ4n) is 7.29. The van der Waals surface area contributed by atoms with Crippen LogP contribution in [0, 0.1) is 0 Å². The second kappa shape index (κ2) is 47.8. The maximum atomic E-state index is 12.7. The first kappa shape index (κ1) is 63.7. The van der Waals surface area contributed by atoms with Gasteiger partial charge in [-0.1, -0.05) is 203 Å². The van der Waals surface area contributed by atoms with E-state index in [9.17, 15) is 19.0 Å². The van der Waals surface area contributed by atoms with Crippen LogP contribution in [-0.4, -0.2) is 70.0 Å². The normalized spacial score (nSPS) is 13.8. The summed E-state index contributed by atoms with van der Waals surface area (Å²) < 4.78 is 34.0. The second-order valence-electron chi connectivity index (χ2n) is 19.2. The molecule has 1 unspecified atom stereocenters. The van der Waals surface area contributed by atoms with E-state index in [1.54, 1.807) is 0 Å². The monoisotopic (exact) mass is 948 g/mol. The van der Waals surface area contributed by atoms with Crippen LogP contribution < -0.4 is 4.89 Å². The highest BCUT2D eigenvalue weighted by molar-refractivity contribution is 7.45. The van der Waals surface area contributed by atoms with Crippen molar-refractivity contribution in [3.05, 3.63) is 60.8 Å². The fraction of sp³-hybridized carbons (Fsp3) is 0.786. The van der Waals surface area contributed by atoms with Crippen molar-refractivity contribution in [2.45, 2.75) is 238 Å². The van der Waals surface area contributed by atoms with Crippen molar-refractivity contribution in [1.29, 1.82) is 0 Å². The van der Waals surface area contributed by atoms with Crippen LogP contribution in [0.1, 0.15) is 232 Å². The Morgan fingerprint density at radius 1 is 0.470 bits per heavy atom. The summed E-state index contributed by atoms with van der Waals surface area (Å²) in [5.74, 6) is -0.904. The molecule has 10 heteroatoms. The van der Waals surface area contributed by atoms with Gasteiger partial charge < -0.3 is 27.9 Å². The molecular formula is C56H102NO8P. The maximum Gasteiger partial charge on any atom is 0.306 e. The van der Waals surface area contributed by atoms with E-state index >= 15 is 0 Å². The summed E-state index contributed by atoms with van der Waals surface area (Å²) in [5, 5.41) is 0. The van der Waals surface area contributed by atoms with E-state index in [4.69, 9.17) is 18.5 Å². The second-order valence-corrected chi connectivity index (χ2v) is 20.6. The Morgan fingerprint density at radius 2 is 0.833 bits per heavy atom. The summed E-state index contributed by atoms with van der Waals surface area (Å²) in [6.45, 7) is 4.16. The van der Waals surface area contributed by atoms with Crippen molar-refractivity contribution in [3.8, 4) is 0 Å². The zero-order valence-electron chi connectivity index (χ0n) is 43.4. The number of carbonyl (C=O) groups excluding carboxylic acids is 2. The zero-order valence-corrected chi connectivity index (χ0v) is 44.3. The van der Waals surface area contributed by atoms with Gasteiger partial charge in [0.2, 0.25) is 0 Å². The number of hydrogen-bond acceptors (Lipinski definition) is 8. The number of nitrogens with zero attached hydrogens (tertiary/aromatic N) is 1. The Morgan fingerprint density at radius 3 is 1.30 bits per heavy atom. The molecule has 0 aliphatic heterocycles. The van der Waals surface area contributed by atoms with Crippen molar-refractivity contribution in [3.63, 3.8) is 0 Å². The summed E-state index contributed by atoms with van der Waals surface area (Å²) in [5.41, 5.74) is 0. The summed E-state index contributed by atoms with van der Waals surface area (Å²) in [6, 6.07) is 0. The Labute approximate surface area is 406 Å². The molecule has 0 aliphatic rings. The number of quaternary nitrogens is 1. The molecule has 0 saturated heterocycles. The molecule has 66 heavy (non-hydrogen) atoms. The van der Waals surface area contributed by atoms with Gasteiger partial charge >= 0.3 is 11.9 Å². The van der Waals surface area contributed by atoms with Crippen LogP contribution in [0.25, 0.3) is 0 Å². The van der Waals surface area contributed by atoms with E-state index in [0.29, 0.717) is 23.9 Å². The molecule has 0 radical (unpaired) electrons. The summed E-state index contributed by atoms with van der Waals surface area (Å²) in [7, 11) is 1.13. The van der Waals surface area contributed by atoms with Crippen molar-refractivity contribution in [2.75, 3.05) is 47.5 Å². The van der Waals surface area contributed by atoms with Gasteiger partial charge in [-0.3, -0.25) is 14.2 Å². The van der Waals surface area contributed by atoms with Crippen LogP contribution in [-0.2, 0) is 32.7 Å². The molecule has 0 saturated carbocycles. The predicted molar refractivity (Wildman–Crippen MR) is 277 cm³/mol. The van der Waals surface area contributed by atoms with Gasteiger partial charge in [-0.05, 0) is 77.0 Å². The number of phosphoric ester groups is 1. The van der Waals surface area contributed by atoms with E-state index < -0.39 is 32.5 Å². The van der Waals surface area contributed by atoms with Gasteiger partial charge in [0, 0.05) is 12.8 Å². The summed E-state index contributed by atoms with van der Waals surface area (Å²) in [4.78, 5) is 37.7. The molecule has 0 aromatic rings. The van der Waals surface area contributed by atoms with E-state index in [1.165, 1.54) is 141 Å². The topological polar surface area (TPSA) is 111 Å². The molecule has 0 rings (SSSR count). The summed E-state index contributed by atoms with van der Waals surface area (Å²) >= 11 is 0. The molecule has 384 valence electrons. The van der Waals surface area contributed by atoms with E-state index in [0.717, 1.165) is 51.4 Å². The maximum absolute atomic E-state index is 12.7. The lowest BCUT2D eigenvalue weighted by molar-refractivity contribution is -0.870. The van der Waals surface area contributed by atoms with Gasteiger partial charge in [-0.2, -0.15) is 0 Å². The number of likely N-dealkylation sites (N-methyl/N-ethyl adjacent to an activating group) is 1. The lowest BCUT2D eigenvalue weighted by Gasteiger charge is -2.28. The van der Waals surface area contributed by atoms with Crippen molar-refractivity contribution >= 4 is 19.8 Å². The Hall–Kier alpha value is -2.29. The largest absolute Gasteiger partial charge is 0.756 e. The number of phosphoric acid groups is 1. The smallest absolute Gasteiger partial charge is 0.306 e. The molecule has 0 aromatic heterocycles. The molecule has 0 N–H and O–H groups in total. The Bertz CT molecular complexity index is 1300. The fourth-order valence-corrected chi connectivity index (χ4v) is 8.02. The molecule has 0 bridgehead atoms. The minimum absolute atomic E-state index is 0.0429. The minimum Gasteiger partial charge on any atom is -0.756 e. The lowest BCUT2D eigenvalue weighted by Crippen LogP contribution is -2.37. The average molecular weight is 948 g/mol. The quantitative estimate of drug-likeness (QED) is 0.0195. The van der Waals surface area contributed by atoms with Crippen LogP contribution in [0.5, 0.6) is 0 Å². The predicted octanol–water partition coefficient (Wildman–Crippen LogP) is 15.7. The molecule has 0 spiro atoms. The number of allylic oxidation sites excluding steroid dienone is 10. The first-order valence-electron chi connectivity index (χ1n) is 27.0. The highest BCUT2D eigenvalue weighted by atomic mass is 31.2. The Balaban J connectivity index is 4.29. The first-order chi connectivity index (χ1) is 32.0. The highest BCUT2D eigenvalue weighted by Crippen LogP contribution is 2.38. The van der Waals surface area contributed by atoms with Gasteiger partial charge in [-0.25, -0.2) is 0 Å². The number of unbranched alkanes of at least 4 members (excludes halogenated alkanes) is 25. The zero-order chi connectivity index (χ0) is 48.5. The van der Waals surface area contributed by atoms with Gasteiger partial charge in [0.25, 0.3) is 7.82 Å². The molecule has 0 fully saturated rings. The van der Waals surface area contributed by atoms with Crippen LogP contribution in [0.3, 0.4) is 0 Å². The third-order valence-corrected chi connectivity index (χ3v) is 12.5. The molecule has 9 nitrogen and oxygen atoms in total. The van der Waals surface area contributed by atoms with Crippen LogP contribution in [0.2, 0.25) is 0 Å². The van der Waals surface area contributed by atoms with E-state index in [-0.39, 0.29) is 26.1 Å². The third kappa shape index (κ3) is 51.1. The summed E-state index contributed by atoms with van der Waals surface area (Å²) in [6.07, 6.45) is 59.9. The Kier molecular flexibility index (Phi) is 46.1. The van der Waals surface area contributed by atoms with Gasteiger partial charge in [0.1, 0.15) is 19.8 Å². The number of carbonyl (C=O) groups is 2. The number of ether oxygens (including phenoxy) is 2. The van der Waals surface area contributed by atoms with Gasteiger partial charge in [0.05, 0.1) is 27.7 Å². The van der Waals surface area contributed by atoms with Crippen molar-refractivity contribution in [1.82, 2.24) is 0 Å². The van der Waals surface area contributed by atoms with Crippen molar-refractivity contribution < 1.29 is 42.1 Å². The average Bonchev–Trinajstić information content (AvgIpc) is 3.27. The number of esters is 2. The molecule has 2 atom stereocenters.